The van der Waals surface area contributed by atoms with Crippen molar-refractivity contribution in [2.45, 2.75) is 45.3 Å². The van der Waals surface area contributed by atoms with E-state index in [1.54, 1.807) is 18.2 Å². The molecule has 0 saturated heterocycles. The van der Waals surface area contributed by atoms with Crippen molar-refractivity contribution >= 4 is 11.8 Å². The smallest absolute Gasteiger partial charge is 0.352 e. The number of amides is 2. The minimum Gasteiger partial charge on any atom is -0.352 e. The first-order valence-corrected chi connectivity index (χ1v) is 9.52. The summed E-state index contributed by atoms with van der Waals surface area (Å²) in [5.41, 5.74) is 1.05. The predicted molar refractivity (Wildman–Crippen MR) is 105 cm³/mol. The highest BCUT2D eigenvalue weighted by Crippen LogP contribution is 2.31. The molecular formula is C22H25F3N2O2. The molecule has 0 heterocycles. The Morgan fingerprint density at radius 2 is 1.79 bits per heavy atom. The quantitative estimate of drug-likeness (QED) is 0.662. The first-order chi connectivity index (χ1) is 13.7. The summed E-state index contributed by atoms with van der Waals surface area (Å²) < 4.78 is 38.9. The van der Waals surface area contributed by atoms with Gasteiger partial charge in [0.2, 0.25) is 5.91 Å². The van der Waals surface area contributed by atoms with Crippen LogP contribution in [-0.4, -0.2) is 18.4 Å². The zero-order chi connectivity index (χ0) is 21.4. The number of nitrogens with one attached hydrogen (secondary N) is 2. The third-order valence-corrected chi connectivity index (χ3v) is 4.56. The van der Waals surface area contributed by atoms with Gasteiger partial charge < -0.3 is 10.6 Å². The Hall–Kier alpha value is -2.83. The lowest BCUT2D eigenvalue weighted by Crippen LogP contribution is -2.33. The molecule has 4 nitrogen and oxygen atoms in total. The minimum absolute atomic E-state index is 0.0385. The highest BCUT2D eigenvalue weighted by molar-refractivity contribution is 5.95. The van der Waals surface area contributed by atoms with Gasteiger partial charge in [-0.15, -0.1) is 0 Å². The lowest BCUT2D eigenvalue weighted by atomic mass is 9.99. The van der Waals surface area contributed by atoms with E-state index in [1.165, 1.54) is 6.07 Å². The van der Waals surface area contributed by atoms with Crippen LogP contribution < -0.4 is 10.6 Å². The summed E-state index contributed by atoms with van der Waals surface area (Å²) in [4.78, 5) is 24.5. The number of carbonyl (C=O) groups is 2. The Labute approximate surface area is 168 Å². The van der Waals surface area contributed by atoms with Gasteiger partial charge in [-0.25, -0.2) is 0 Å². The molecule has 0 saturated carbocycles. The van der Waals surface area contributed by atoms with Crippen molar-refractivity contribution in [3.63, 3.8) is 0 Å². The van der Waals surface area contributed by atoms with Crippen LogP contribution in [0.3, 0.4) is 0 Å². The fraction of sp³-hybridized carbons (Fsp3) is 0.364. The first-order valence-electron chi connectivity index (χ1n) is 9.52. The molecule has 0 radical (unpaired) electrons. The second-order valence-electron chi connectivity index (χ2n) is 6.85. The summed E-state index contributed by atoms with van der Waals surface area (Å²) in [7, 11) is 0. The largest absolute Gasteiger partial charge is 0.416 e. The number of rotatable bonds is 8. The number of hydrogen-bond donors (Lipinski definition) is 2. The Bertz CT molecular complexity index is 850. The SMILES string of the molecule is CCCC(NC(=O)CCNC(=O)c1ccccc1C)c1cccc(C(F)(F)F)c1. The fourth-order valence-corrected chi connectivity index (χ4v) is 3.02. The van der Waals surface area contributed by atoms with Gasteiger partial charge in [-0.2, -0.15) is 13.2 Å². The Morgan fingerprint density at radius 3 is 2.45 bits per heavy atom. The molecule has 156 valence electrons. The number of alkyl halides is 3. The predicted octanol–water partition coefficient (Wildman–Crippen LogP) is 4.79. The molecule has 0 aliphatic heterocycles. The molecular weight excluding hydrogens is 381 g/mol. The van der Waals surface area contributed by atoms with Gasteiger partial charge in [0.15, 0.2) is 0 Å². The summed E-state index contributed by atoms with van der Waals surface area (Å²) in [5, 5.41) is 5.48. The number of carbonyl (C=O) groups excluding carboxylic acids is 2. The lowest BCUT2D eigenvalue weighted by molar-refractivity contribution is -0.137. The van der Waals surface area contributed by atoms with E-state index in [0.717, 1.165) is 17.7 Å². The maximum Gasteiger partial charge on any atom is 0.416 e. The van der Waals surface area contributed by atoms with Gasteiger partial charge in [-0.3, -0.25) is 9.59 Å². The van der Waals surface area contributed by atoms with Gasteiger partial charge in [0, 0.05) is 18.5 Å². The molecule has 7 heteroatoms. The highest BCUT2D eigenvalue weighted by Gasteiger charge is 2.31. The number of aryl methyl sites for hydroxylation is 1. The first kappa shape index (κ1) is 22.5. The molecule has 0 bridgehead atoms. The van der Waals surface area contributed by atoms with Crippen LogP contribution in [0.1, 0.15) is 59.3 Å². The van der Waals surface area contributed by atoms with E-state index < -0.39 is 17.8 Å². The highest BCUT2D eigenvalue weighted by atomic mass is 19.4. The molecule has 29 heavy (non-hydrogen) atoms. The fourth-order valence-electron chi connectivity index (χ4n) is 3.02. The zero-order valence-corrected chi connectivity index (χ0v) is 16.5. The summed E-state index contributed by atoms with van der Waals surface area (Å²) >= 11 is 0. The van der Waals surface area contributed by atoms with Gasteiger partial charge in [-0.05, 0) is 42.7 Å². The van der Waals surface area contributed by atoms with Crippen molar-refractivity contribution in [2.24, 2.45) is 0 Å². The Kier molecular flexibility index (Phi) is 7.82. The molecule has 1 atom stereocenters. The van der Waals surface area contributed by atoms with Crippen LogP contribution in [0.25, 0.3) is 0 Å². The average molecular weight is 406 g/mol. The monoisotopic (exact) mass is 406 g/mol. The average Bonchev–Trinajstić information content (AvgIpc) is 2.67. The summed E-state index contributed by atoms with van der Waals surface area (Å²) in [6, 6.07) is 11.6. The van der Waals surface area contributed by atoms with Crippen LogP contribution in [0.15, 0.2) is 48.5 Å². The molecule has 2 rings (SSSR count). The molecule has 2 aromatic rings. The van der Waals surface area contributed by atoms with Crippen LogP contribution >= 0.6 is 0 Å². The lowest BCUT2D eigenvalue weighted by Gasteiger charge is -2.20. The van der Waals surface area contributed by atoms with Crippen molar-refractivity contribution in [1.82, 2.24) is 10.6 Å². The topological polar surface area (TPSA) is 58.2 Å². The summed E-state index contributed by atoms with van der Waals surface area (Å²) in [5.74, 6) is -0.593. The molecule has 0 aliphatic carbocycles. The molecule has 2 aromatic carbocycles. The van der Waals surface area contributed by atoms with E-state index >= 15 is 0 Å². The van der Waals surface area contributed by atoms with Gasteiger partial charge in [-0.1, -0.05) is 43.7 Å². The normalized spacial score (nSPS) is 12.3. The standard InChI is InChI=1S/C22H25F3N2O2/c1-3-7-19(16-9-6-10-17(14-16)22(23,24)25)27-20(28)12-13-26-21(29)18-11-5-4-8-15(18)2/h4-6,8-11,14,19H,3,7,12-13H2,1-2H3,(H,26,29)(H,27,28). The molecule has 2 N–H and O–H groups in total. The van der Waals surface area contributed by atoms with Crippen molar-refractivity contribution in [2.75, 3.05) is 6.54 Å². The second kappa shape index (κ2) is 10.1. The van der Waals surface area contributed by atoms with Crippen LogP contribution in [-0.2, 0) is 11.0 Å². The van der Waals surface area contributed by atoms with E-state index in [-0.39, 0.29) is 24.8 Å². The van der Waals surface area contributed by atoms with Gasteiger partial charge in [0.25, 0.3) is 5.91 Å². The van der Waals surface area contributed by atoms with Gasteiger partial charge >= 0.3 is 6.18 Å². The Balaban J connectivity index is 1.94. The summed E-state index contributed by atoms with van der Waals surface area (Å²) in [6.07, 6.45) is -3.18. The maximum atomic E-state index is 13.0. The van der Waals surface area contributed by atoms with Crippen LogP contribution in [0.2, 0.25) is 0 Å². The van der Waals surface area contributed by atoms with Gasteiger partial charge in [0.05, 0.1) is 11.6 Å². The zero-order valence-electron chi connectivity index (χ0n) is 16.5. The molecule has 0 aliphatic rings. The number of benzene rings is 2. The number of halogens is 3. The minimum atomic E-state index is -4.43. The van der Waals surface area contributed by atoms with E-state index in [1.807, 2.05) is 26.0 Å². The third kappa shape index (κ3) is 6.62. The molecule has 0 fully saturated rings. The molecule has 0 spiro atoms. The van der Waals surface area contributed by atoms with E-state index in [4.69, 9.17) is 0 Å². The third-order valence-electron chi connectivity index (χ3n) is 4.56. The second-order valence-corrected chi connectivity index (χ2v) is 6.85. The van der Waals surface area contributed by atoms with Crippen molar-refractivity contribution in [1.29, 1.82) is 0 Å². The number of hydrogen-bond acceptors (Lipinski definition) is 2. The van der Waals surface area contributed by atoms with Crippen LogP contribution in [0.5, 0.6) is 0 Å². The Morgan fingerprint density at radius 1 is 1.07 bits per heavy atom. The van der Waals surface area contributed by atoms with E-state index in [2.05, 4.69) is 10.6 Å². The van der Waals surface area contributed by atoms with E-state index in [0.29, 0.717) is 24.0 Å². The van der Waals surface area contributed by atoms with Crippen molar-refractivity contribution in [3.05, 3.63) is 70.8 Å². The summed E-state index contributed by atoms with van der Waals surface area (Å²) in [6.45, 7) is 3.86. The van der Waals surface area contributed by atoms with Crippen LogP contribution in [0, 0.1) is 6.92 Å². The van der Waals surface area contributed by atoms with Crippen molar-refractivity contribution in [3.8, 4) is 0 Å². The maximum absolute atomic E-state index is 13.0. The molecule has 1 unspecified atom stereocenters. The molecule has 0 aromatic heterocycles. The van der Waals surface area contributed by atoms with Gasteiger partial charge in [0.1, 0.15) is 0 Å². The van der Waals surface area contributed by atoms with E-state index in [9.17, 15) is 22.8 Å². The van der Waals surface area contributed by atoms with Crippen LogP contribution in [0.4, 0.5) is 13.2 Å². The van der Waals surface area contributed by atoms with Crippen molar-refractivity contribution < 1.29 is 22.8 Å². The molecule has 2 amide bonds.